The van der Waals surface area contributed by atoms with Gasteiger partial charge in [0.15, 0.2) is 11.5 Å². The fourth-order valence-corrected chi connectivity index (χ4v) is 1.34. The van der Waals surface area contributed by atoms with Crippen LogP contribution in [0.15, 0.2) is 12.1 Å². The Morgan fingerprint density at radius 1 is 1.21 bits per heavy atom. The quantitative estimate of drug-likeness (QED) is 0.622. The van der Waals surface area contributed by atoms with Gasteiger partial charge in [-0.1, -0.05) is 0 Å². The number of nitrogen functional groups attached to an aromatic ring is 1. The standard InChI is InChI=1S/C11H14F4N2O2/c1-18-8-3-6(16)7(4-9(8)19-2)17-5-11(14,15)10(12)13/h3-4,10,17H,5,16H2,1-2H3. The number of hydrogen-bond acceptors (Lipinski definition) is 4. The number of alkyl halides is 4. The molecule has 0 aromatic heterocycles. The monoisotopic (exact) mass is 282 g/mol. The summed E-state index contributed by atoms with van der Waals surface area (Å²) in [7, 11) is 2.74. The zero-order valence-electron chi connectivity index (χ0n) is 10.3. The first-order valence-corrected chi connectivity index (χ1v) is 5.23. The molecule has 0 aliphatic carbocycles. The summed E-state index contributed by atoms with van der Waals surface area (Å²) in [5, 5.41) is 2.17. The summed E-state index contributed by atoms with van der Waals surface area (Å²) in [6, 6.07) is 2.65. The third-order valence-electron chi connectivity index (χ3n) is 2.39. The highest BCUT2D eigenvalue weighted by atomic mass is 19.3. The van der Waals surface area contributed by atoms with Crippen LogP contribution in [0.5, 0.6) is 11.5 Å². The fourth-order valence-electron chi connectivity index (χ4n) is 1.34. The summed E-state index contributed by atoms with van der Waals surface area (Å²) in [4.78, 5) is 0. The van der Waals surface area contributed by atoms with Crippen LogP contribution in [0.3, 0.4) is 0 Å². The molecule has 8 heteroatoms. The first kappa shape index (κ1) is 15.2. The van der Waals surface area contributed by atoms with Crippen LogP contribution in [-0.4, -0.2) is 33.1 Å². The van der Waals surface area contributed by atoms with Crippen molar-refractivity contribution in [2.75, 3.05) is 31.8 Å². The van der Waals surface area contributed by atoms with Crippen molar-refractivity contribution in [3.05, 3.63) is 12.1 Å². The molecule has 1 rings (SSSR count). The van der Waals surface area contributed by atoms with Crippen LogP contribution in [-0.2, 0) is 0 Å². The van der Waals surface area contributed by atoms with Crippen molar-refractivity contribution in [1.82, 2.24) is 0 Å². The van der Waals surface area contributed by atoms with E-state index < -0.39 is 18.9 Å². The predicted octanol–water partition coefficient (Wildman–Crippen LogP) is 2.60. The molecule has 0 atom stereocenters. The van der Waals surface area contributed by atoms with Crippen LogP contribution >= 0.6 is 0 Å². The number of halogens is 4. The normalized spacial score (nSPS) is 11.5. The molecule has 0 unspecified atom stereocenters. The Balaban J connectivity index is 2.90. The molecule has 3 N–H and O–H groups in total. The first-order valence-electron chi connectivity index (χ1n) is 5.23. The van der Waals surface area contributed by atoms with Gasteiger partial charge in [-0.25, -0.2) is 8.78 Å². The van der Waals surface area contributed by atoms with E-state index in [2.05, 4.69) is 5.32 Å². The van der Waals surface area contributed by atoms with Crippen molar-refractivity contribution in [2.24, 2.45) is 0 Å². The van der Waals surface area contributed by atoms with E-state index in [-0.39, 0.29) is 17.1 Å². The lowest BCUT2D eigenvalue weighted by Gasteiger charge is -2.18. The van der Waals surface area contributed by atoms with Crippen molar-refractivity contribution in [3.63, 3.8) is 0 Å². The number of nitrogens with two attached hydrogens (primary N) is 1. The van der Waals surface area contributed by atoms with E-state index in [9.17, 15) is 17.6 Å². The van der Waals surface area contributed by atoms with Gasteiger partial charge in [-0.2, -0.15) is 8.78 Å². The van der Waals surface area contributed by atoms with Gasteiger partial charge in [0.25, 0.3) is 0 Å². The zero-order chi connectivity index (χ0) is 14.6. The smallest absolute Gasteiger partial charge is 0.324 e. The van der Waals surface area contributed by atoms with E-state index >= 15 is 0 Å². The molecular weight excluding hydrogens is 268 g/mol. The molecule has 1 aromatic carbocycles. The number of anilines is 2. The molecule has 1 aromatic rings. The molecule has 19 heavy (non-hydrogen) atoms. The highest BCUT2D eigenvalue weighted by molar-refractivity contribution is 5.72. The highest BCUT2D eigenvalue weighted by Crippen LogP contribution is 2.35. The van der Waals surface area contributed by atoms with Gasteiger partial charge in [-0.05, 0) is 0 Å². The average Bonchev–Trinajstić information content (AvgIpc) is 2.36. The van der Waals surface area contributed by atoms with Crippen molar-refractivity contribution >= 4 is 11.4 Å². The lowest BCUT2D eigenvalue weighted by Crippen LogP contribution is -2.35. The Morgan fingerprint density at radius 2 is 1.74 bits per heavy atom. The Labute approximate surface area is 107 Å². The highest BCUT2D eigenvalue weighted by Gasteiger charge is 2.40. The lowest BCUT2D eigenvalue weighted by molar-refractivity contribution is -0.117. The average molecular weight is 282 g/mol. The van der Waals surface area contributed by atoms with Gasteiger partial charge in [0.1, 0.15) is 0 Å². The minimum absolute atomic E-state index is 0.0676. The summed E-state index contributed by atoms with van der Waals surface area (Å²) in [6.07, 6.45) is -3.75. The molecule has 0 aliphatic rings. The van der Waals surface area contributed by atoms with Gasteiger partial charge < -0.3 is 20.5 Å². The van der Waals surface area contributed by atoms with Crippen molar-refractivity contribution < 1.29 is 27.0 Å². The van der Waals surface area contributed by atoms with Crippen molar-refractivity contribution in [1.29, 1.82) is 0 Å². The maximum atomic E-state index is 12.8. The van der Waals surface area contributed by atoms with Crippen LogP contribution < -0.4 is 20.5 Å². The lowest BCUT2D eigenvalue weighted by atomic mass is 10.2. The molecule has 0 fully saturated rings. The SMILES string of the molecule is COc1cc(N)c(NCC(F)(F)C(F)F)cc1OC. The Kier molecular flexibility index (Phi) is 4.68. The summed E-state index contributed by atoms with van der Waals surface area (Å²) < 4.78 is 59.5. The van der Waals surface area contributed by atoms with Crippen LogP contribution in [0, 0.1) is 0 Å². The van der Waals surface area contributed by atoms with E-state index in [1.807, 2.05) is 0 Å². The molecule has 0 bridgehead atoms. The van der Waals surface area contributed by atoms with Gasteiger partial charge in [-0.3, -0.25) is 0 Å². The molecule has 0 amide bonds. The van der Waals surface area contributed by atoms with Crippen molar-refractivity contribution in [3.8, 4) is 11.5 Å². The summed E-state index contributed by atoms with van der Waals surface area (Å²) >= 11 is 0. The molecular formula is C11H14F4N2O2. The van der Waals surface area contributed by atoms with Gasteiger partial charge in [-0.15, -0.1) is 0 Å². The molecule has 0 saturated carbocycles. The van der Waals surface area contributed by atoms with E-state index in [0.717, 1.165) is 0 Å². The van der Waals surface area contributed by atoms with E-state index in [1.54, 1.807) is 0 Å². The Hall–Kier alpha value is -1.86. The van der Waals surface area contributed by atoms with Gasteiger partial charge in [0.2, 0.25) is 0 Å². The zero-order valence-corrected chi connectivity index (χ0v) is 10.3. The van der Waals surface area contributed by atoms with E-state index in [1.165, 1.54) is 26.4 Å². The number of ether oxygens (including phenoxy) is 2. The van der Waals surface area contributed by atoms with Crippen molar-refractivity contribution in [2.45, 2.75) is 12.3 Å². The van der Waals surface area contributed by atoms with Gasteiger partial charge in [0, 0.05) is 12.1 Å². The Morgan fingerprint density at radius 3 is 2.21 bits per heavy atom. The molecule has 4 nitrogen and oxygen atoms in total. The molecule has 0 radical (unpaired) electrons. The number of hydrogen-bond donors (Lipinski definition) is 2. The second kappa shape index (κ2) is 5.85. The molecule has 108 valence electrons. The van der Waals surface area contributed by atoms with Gasteiger partial charge >= 0.3 is 12.3 Å². The number of rotatable bonds is 6. The fraction of sp³-hybridized carbons (Fsp3) is 0.455. The van der Waals surface area contributed by atoms with E-state index in [0.29, 0.717) is 5.75 Å². The third-order valence-corrected chi connectivity index (χ3v) is 2.39. The van der Waals surface area contributed by atoms with Crippen LogP contribution in [0.2, 0.25) is 0 Å². The molecule has 0 saturated heterocycles. The topological polar surface area (TPSA) is 56.5 Å². The minimum atomic E-state index is -4.14. The maximum absolute atomic E-state index is 12.8. The van der Waals surface area contributed by atoms with Crippen LogP contribution in [0.25, 0.3) is 0 Å². The summed E-state index contributed by atoms with van der Waals surface area (Å²) in [5.74, 6) is -3.58. The van der Waals surface area contributed by atoms with Crippen LogP contribution in [0.1, 0.15) is 0 Å². The molecule has 0 heterocycles. The number of benzene rings is 1. The minimum Gasteiger partial charge on any atom is -0.493 e. The Bertz CT molecular complexity index is 441. The summed E-state index contributed by atoms with van der Waals surface area (Å²) in [5.41, 5.74) is 5.75. The first-order chi connectivity index (χ1) is 8.81. The van der Waals surface area contributed by atoms with E-state index in [4.69, 9.17) is 15.2 Å². The maximum Gasteiger partial charge on any atom is 0.324 e. The largest absolute Gasteiger partial charge is 0.493 e. The number of methoxy groups -OCH3 is 2. The second-order valence-electron chi connectivity index (χ2n) is 3.71. The molecule has 0 aliphatic heterocycles. The second-order valence-corrected chi connectivity index (χ2v) is 3.71. The molecule has 0 spiro atoms. The number of nitrogens with one attached hydrogen (secondary N) is 1. The third kappa shape index (κ3) is 3.55. The predicted molar refractivity (Wildman–Crippen MR) is 63.4 cm³/mol. The van der Waals surface area contributed by atoms with Gasteiger partial charge in [0.05, 0.1) is 32.1 Å². The van der Waals surface area contributed by atoms with Crippen LogP contribution in [0.4, 0.5) is 28.9 Å². The summed E-state index contributed by atoms with van der Waals surface area (Å²) in [6.45, 7) is -1.23.